The average Bonchev–Trinajstić information content (AvgIpc) is 2.69. The Hall–Kier alpha value is 0.0500. The highest BCUT2D eigenvalue weighted by Gasteiger charge is 2.31. The minimum Gasteiger partial charge on any atom is -0.309 e. The Labute approximate surface area is 133 Å². The minimum absolute atomic E-state index is 0.459. The van der Waals surface area contributed by atoms with Crippen molar-refractivity contribution in [3.05, 3.63) is 14.7 Å². The third-order valence-electron chi connectivity index (χ3n) is 3.66. The molecule has 0 aliphatic carbocycles. The molecule has 20 heavy (non-hydrogen) atoms. The van der Waals surface area contributed by atoms with Crippen LogP contribution in [0, 0.1) is 12.8 Å². The van der Waals surface area contributed by atoms with Crippen LogP contribution < -0.4 is 0 Å². The molecule has 0 atom stereocenters. The first-order valence-electron chi connectivity index (χ1n) is 6.71. The van der Waals surface area contributed by atoms with Gasteiger partial charge in [-0.25, -0.2) is 8.42 Å². The van der Waals surface area contributed by atoms with Crippen LogP contribution in [-0.2, 0) is 10.0 Å². The van der Waals surface area contributed by atoms with E-state index < -0.39 is 10.0 Å². The molecule has 0 spiro atoms. The van der Waals surface area contributed by atoms with Gasteiger partial charge in [-0.15, -0.1) is 11.3 Å². The maximum Gasteiger partial charge on any atom is 0.244 e. The number of halogens is 1. The molecular formula is C13H21BrN2O2S2. The van der Waals surface area contributed by atoms with Gasteiger partial charge in [-0.2, -0.15) is 4.31 Å². The quantitative estimate of drug-likeness (QED) is 0.805. The van der Waals surface area contributed by atoms with Gasteiger partial charge in [0.15, 0.2) is 0 Å². The summed E-state index contributed by atoms with van der Waals surface area (Å²) < 4.78 is 27.8. The summed E-state index contributed by atoms with van der Waals surface area (Å²) in [5, 5.41) is 0. The molecular weight excluding hydrogens is 360 g/mol. The molecule has 1 aliphatic rings. The zero-order valence-corrected chi connectivity index (χ0v) is 15.3. The van der Waals surface area contributed by atoms with E-state index in [0.717, 1.165) is 28.0 Å². The summed E-state index contributed by atoms with van der Waals surface area (Å²) in [4.78, 5) is 3.49. The number of hydrogen-bond donors (Lipinski definition) is 0. The lowest BCUT2D eigenvalue weighted by atomic mass is 9.98. The van der Waals surface area contributed by atoms with Gasteiger partial charge < -0.3 is 4.90 Å². The highest BCUT2D eigenvalue weighted by atomic mass is 79.9. The molecule has 1 aromatic rings. The van der Waals surface area contributed by atoms with E-state index in [1.54, 1.807) is 10.4 Å². The van der Waals surface area contributed by atoms with Gasteiger partial charge >= 0.3 is 0 Å². The van der Waals surface area contributed by atoms with Gasteiger partial charge in [0, 0.05) is 24.5 Å². The van der Waals surface area contributed by atoms with Gasteiger partial charge in [-0.3, -0.25) is 0 Å². The number of sulfonamides is 1. The second kappa shape index (κ2) is 6.44. The zero-order chi connectivity index (χ0) is 14.9. The molecule has 0 unspecified atom stereocenters. The normalized spacial score (nSPS) is 18.9. The molecule has 1 saturated heterocycles. The van der Waals surface area contributed by atoms with Crippen molar-refractivity contribution in [1.82, 2.24) is 9.21 Å². The van der Waals surface area contributed by atoms with Crippen LogP contribution in [0.25, 0.3) is 0 Å². The summed E-state index contributed by atoms with van der Waals surface area (Å²) in [6.07, 6.45) is 1.89. The van der Waals surface area contributed by atoms with Gasteiger partial charge in [-0.05, 0) is 61.8 Å². The van der Waals surface area contributed by atoms with Crippen molar-refractivity contribution in [3.8, 4) is 0 Å². The molecule has 1 fully saturated rings. The smallest absolute Gasteiger partial charge is 0.244 e. The van der Waals surface area contributed by atoms with Crippen molar-refractivity contribution in [1.29, 1.82) is 0 Å². The molecule has 0 aromatic carbocycles. The molecule has 1 aliphatic heterocycles. The molecule has 7 heteroatoms. The van der Waals surface area contributed by atoms with Crippen LogP contribution in [0.2, 0.25) is 0 Å². The summed E-state index contributed by atoms with van der Waals surface area (Å²) in [7, 11) is 0.806. The van der Waals surface area contributed by atoms with E-state index in [-0.39, 0.29) is 0 Å². The van der Waals surface area contributed by atoms with Crippen LogP contribution in [0.3, 0.4) is 0 Å². The molecule has 2 heterocycles. The van der Waals surface area contributed by atoms with Crippen molar-refractivity contribution in [2.75, 3.05) is 33.7 Å². The van der Waals surface area contributed by atoms with Crippen molar-refractivity contribution >= 4 is 37.3 Å². The van der Waals surface area contributed by atoms with Gasteiger partial charge in [0.1, 0.15) is 0 Å². The fourth-order valence-corrected chi connectivity index (χ4v) is 6.53. The van der Waals surface area contributed by atoms with Crippen LogP contribution in [0.1, 0.15) is 17.7 Å². The number of nitrogens with zero attached hydrogens (tertiary/aromatic N) is 2. The first-order valence-corrected chi connectivity index (χ1v) is 9.76. The zero-order valence-electron chi connectivity index (χ0n) is 12.1. The third kappa shape index (κ3) is 3.62. The van der Waals surface area contributed by atoms with E-state index in [2.05, 4.69) is 34.9 Å². The predicted molar refractivity (Wildman–Crippen MR) is 86.8 cm³/mol. The lowest BCUT2D eigenvalue weighted by Gasteiger charge is -2.32. The van der Waals surface area contributed by atoms with E-state index in [1.165, 1.54) is 11.3 Å². The molecule has 0 N–H and O–H groups in total. The van der Waals surface area contributed by atoms with Crippen LogP contribution in [0.5, 0.6) is 0 Å². The van der Waals surface area contributed by atoms with Gasteiger partial charge in [-0.1, -0.05) is 0 Å². The number of thiophene rings is 1. The van der Waals surface area contributed by atoms with Gasteiger partial charge in [0.25, 0.3) is 0 Å². The first-order chi connectivity index (χ1) is 9.30. The first kappa shape index (κ1) is 16.4. The second-order valence-electron chi connectivity index (χ2n) is 5.58. The molecule has 1 aromatic heterocycles. The van der Waals surface area contributed by atoms with Crippen molar-refractivity contribution in [3.63, 3.8) is 0 Å². The largest absolute Gasteiger partial charge is 0.309 e. The second-order valence-corrected chi connectivity index (χ2v) is 10.1. The van der Waals surface area contributed by atoms with Gasteiger partial charge in [0.05, 0.1) is 8.68 Å². The topological polar surface area (TPSA) is 40.6 Å². The van der Waals surface area contributed by atoms with E-state index in [9.17, 15) is 8.42 Å². The van der Waals surface area contributed by atoms with Crippen molar-refractivity contribution in [2.24, 2.45) is 5.92 Å². The highest BCUT2D eigenvalue weighted by molar-refractivity contribution is 9.11. The monoisotopic (exact) mass is 380 g/mol. The lowest BCUT2D eigenvalue weighted by molar-refractivity contribution is 0.225. The highest BCUT2D eigenvalue weighted by Crippen LogP contribution is 2.33. The summed E-state index contributed by atoms with van der Waals surface area (Å²) >= 11 is 4.84. The molecule has 2 rings (SSSR count). The fraction of sp³-hybridized carbons (Fsp3) is 0.692. The van der Waals surface area contributed by atoms with Crippen LogP contribution in [-0.4, -0.2) is 51.4 Å². The number of piperidine rings is 1. The van der Waals surface area contributed by atoms with Crippen LogP contribution >= 0.6 is 27.3 Å². The predicted octanol–water partition coefficient (Wildman–Crippen LogP) is 2.78. The van der Waals surface area contributed by atoms with Gasteiger partial charge in [0.2, 0.25) is 10.0 Å². The van der Waals surface area contributed by atoms with Crippen LogP contribution in [0.15, 0.2) is 14.7 Å². The Morgan fingerprint density at radius 1 is 1.40 bits per heavy atom. The minimum atomic E-state index is -3.32. The summed E-state index contributed by atoms with van der Waals surface area (Å²) in [5.41, 5.74) is 0. The third-order valence-corrected chi connectivity index (χ3v) is 7.36. The van der Waals surface area contributed by atoms with Crippen molar-refractivity contribution in [2.45, 2.75) is 24.7 Å². The standard InChI is InChI=1S/C13H21BrN2O2S2/c1-10-12(8-13(14)19-10)20(17,18)16-6-4-11(5-7-16)9-15(2)3/h8,11H,4-7,9H2,1-3H3. The van der Waals surface area contributed by atoms with Crippen molar-refractivity contribution < 1.29 is 8.42 Å². The fourth-order valence-electron chi connectivity index (χ4n) is 2.67. The number of aryl methyl sites for hydroxylation is 1. The van der Waals surface area contributed by atoms with Crippen LogP contribution in [0.4, 0.5) is 0 Å². The Morgan fingerprint density at radius 2 is 2.00 bits per heavy atom. The molecule has 0 saturated carbocycles. The Morgan fingerprint density at radius 3 is 2.45 bits per heavy atom. The van der Waals surface area contributed by atoms with E-state index in [1.807, 2.05) is 6.92 Å². The Balaban J connectivity index is 2.08. The van der Waals surface area contributed by atoms with E-state index in [4.69, 9.17) is 0 Å². The molecule has 4 nitrogen and oxygen atoms in total. The number of hydrogen-bond acceptors (Lipinski definition) is 4. The van der Waals surface area contributed by atoms with E-state index in [0.29, 0.717) is 23.9 Å². The Kier molecular flexibility index (Phi) is 5.29. The maximum atomic E-state index is 12.7. The van der Waals surface area contributed by atoms with E-state index >= 15 is 0 Å². The molecule has 0 amide bonds. The number of rotatable bonds is 4. The molecule has 0 radical (unpaired) electrons. The summed E-state index contributed by atoms with van der Waals surface area (Å²) in [6.45, 7) is 4.17. The SMILES string of the molecule is Cc1sc(Br)cc1S(=O)(=O)N1CCC(CN(C)C)CC1. The average molecular weight is 381 g/mol. The summed E-state index contributed by atoms with van der Waals surface area (Å²) in [6, 6.07) is 1.72. The maximum absolute atomic E-state index is 12.7. The lowest BCUT2D eigenvalue weighted by Crippen LogP contribution is -2.40. The molecule has 0 bridgehead atoms. The Bertz CT molecular complexity index is 561. The molecule has 114 valence electrons. The summed E-state index contributed by atoms with van der Waals surface area (Å²) in [5.74, 6) is 0.603.